The normalized spacial score (nSPS) is 10.4. The zero-order valence-electron chi connectivity index (χ0n) is 12.2. The van der Waals surface area contributed by atoms with E-state index in [-0.39, 0.29) is 12.5 Å². The number of benzene rings is 1. The van der Waals surface area contributed by atoms with E-state index < -0.39 is 0 Å². The summed E-state index contributed by atoms with van der Waals surface area (Å²) in [6.07, 6.45) is 1.68. The lowest BCUT2D eigenvalue weighted by molar-refractivity contribution is -0.115. The van der Waals surface area contributed by atoms with Gasteiger partial charge in [0.1, 0.15) is 17.9 Å². The molecular formula is C14H19N5O2. The summed E-state index contributed by atoms with van der Waals surface area (Å²) in [6, 6.07) is 7.19. The molecule has 2 aromatic rings. The smallest absolute Gasteiger partial charge is 0.238 e. The number of aryl methyl sites for hydroxylation is 1. The van der Waals surface area contributed by atoms with Crippen molar-refractivity contribution in [2.75, 3.05) is 19.0 Å². The molecule has 1 heterocycles. The van der Waals surface area contributed by atoms with Crippen molar-refractivity contribution >= 4 is 11.6 Å². The molecule has 2 rings (SSSR count). The third-order valence-corrected chi connectivity index (χ3v) is 2.98. The van der Waals surface area contributed by atoms with Crippen molar-refractivity contribution in [1.82, 2.24) is 20.1 Å². The fraction of sp³-hybridized carbons (Fsp3) is 0.357. The van der Waals surface area contributed by atoms with E-state index in [1.807, 2.05) is 11.5 Å². The maximum Gasteiger partial charge on any atom is 0.238 e. The van der Waals surface area contributed by atoms with Crippen LogP contribution in [0.5, 0.6) is 5.75 Å². The second kappa shape index (κ2) is 7.39. The molecule has 0 aliphatic heterocycles. The van der Waals surface area contributed by atoms with Gasteiger partial charge < -0.3 is 19.9 Å². The second-order valence-electron chi connectivity index (χ2n) is 4.41. The first-order chi connectivity index (χ1) is 10.2. The molecule has 0 fully saturated rings. The number of aromatic nitrogens is 3. The van der Waals surface area contributed by atoms with E-state index in [4.69, 9.17) is 4.74 Å². The zero-order chi connectivity index (χ0) is 15.1. The number of ether oxygens (including phenoxy) is 1. The van der Waals surface area contributed by atoms with E-state index >= 15 is 0 Å². The summed E-state index contributed by atoms with van der Waals surface area (Å²) in [5.74, 6) is 1.46. The minimum atomic E-state index is -0.109. The van der Waals surface area contributed by atoms with Crippen molar-refractivity contribution in [1.29, 1.82) is 0 Å². The summed E-state index contributed by atoms with van der Waals surface area (Å²) in [5, 5.41) is 13.7. The van der Waals surface area contributed by atoms with Gasteiger partial charge in [0.2, 0.25) is 5.91 Å². The van der Waals surface area contributed by atoms with Gasteiger partial charge in [-0.25, -0.2) is 0 Å². The molecule has 1 aromatic heterocycles. The lowest BCUT2D eigenvalue weighted by atomic mass is 10.3. The number of hydrogen-bond donors (Lipinski definition) is 2. The SMILES string of the molecule is CCn1cnnc1CNCC(=O)Nc1ccc(OC)cc1. The van der Waals surface area contributed by atoms with Gasteiger partial charge in [0.05, 0.1) is 20.2 Å². The summed E-state index contributed by atoms with van der Waals surface area (Å²) in [6.45, 7) is 3.54. The number of methoxy groups -OCH3 is 1. The number of carbonyl (C=O) groups excluding carboxylic acids is 1. The summed E-state index contributed by atoms with van der Waals surface area (Å²) in [5.41, 5.74) is 0.735. The maximum absolute atomic E-state index is 11.8. The molecule has 0 saturated carbocycles. The van der Waals surface area contributed by atoms with Crippen LogP contribution in [0, 0.1) is 0 Å². The summed E-state index contributed by atoms with van der Waals surface area (Å²) >= 11 is 0. The van der Waals surface area contributed by atoms with Crippen molar-refractivity contribution < 1.29 is 9.53 Å². The monoisotopic (exact) mass is 289 g/mol. The Balaban J connectivity index is 1.76. The van der Waals surface area contributed by atoms with E-state index in [9.17, 15) is 4.79 Å². The molecular weight excluding hydrogens is 270 g/mol. The highest BCUT2D eigenvalue weighted by Gasteiger charge is 2.05. The van der Waals surface area contributed by atoms with Gasteiger partial charge >= 0.3 is 0 Å². The molecule has 0 bridgehead atoms. The van der Waals surface area contributed by atoms with Crippen LogP contribution in [0.3, 0.4) is 0 Å². The number of hydrogen-bond acceptors (Lipinski definition) is 5. The van der Waals surface area contributed by atoms with Crippen LogP contribution in [0.2, 0.25) is 0 Å². The number of nitrogens with zero attached hydrogens (tertiary/aromatic N) is 3. The standard InChI is InChI=1S/C14H19N5O2/c1-3-19-10-16-18-13(19)8-15-9-14(20)17-11-4-6-12(21-2)7-5-11/h4-7,10,15H,3,8-9H2,1-2H3,(H,17,20). The lowest BCUT2D eigenvalue weighted by Gasteiger charge is -2.08. The van der Waals surface area contributed by atoms with Crippen LogP contribution in [0.4, 0.5) is 5.69 Å². The third-order valence-electron chi connectivity index (χ3n) is 2.98. The van der Waals surface area contributed by atoms with Gasteiger partial charge in [-0.3, -0.25) is 4.79 Å². The predicted octanol–water partition coefficient (Wildman–Crippen LogP) is 1.03. The van der Waals surface area contributed by atoms with Gasteiger partial charge in [-0.15, -0.1) is 10.2 Å². The van der Waals surface area contributed by atoms with Crippen LogP contribution in [0.25, 0.3) is 0 Å². The van der Waals surface area contributed by atoms with Gasteiger partial charge in [-0.2, -0.15) is 0 Å². The first-order valence-corrected chi connectivity index (χ1v) is 6.74. The fourth-order valence-electron chi connectivity index (χ4n) is 1.85. The largest absolute Gasteiger partial charge is 0.497 e. The molecule has 2 N–H and O–H groups in total. The first-order valence-electron chi connectivity index (χ1n) is 6.74. The quantitative estimate of drug-likeness (QED) is 0.796. The van der Waals surface area contributed by atoms with Crippen LogP contribution in [-0.4, -0.2) is 34.3 Å². The Hall–Kier alpha value is -2.41. The molecule has 1 aromatic carbocycles. The molecule has 7 nitrogen and oxygen atoms in total. The van der Waals surface area contributed by atoms with Crippen LogP contribution in [-0.2, 0) is 17.9 Å². The van der Waals surface area contributed by atoms with Crippen molar-refractivity contribution in [2.24, 2.45) is 0 Å². The van der Waals surface area contributed by atoms with Crippen LogP contribution >= 0.6 is 0 Å². The average Bonchev–Trinajstić information content (AvgIpc) is 2.95. The highest BCUT2D eigenvalue weighted by atomic mass is 16.5. The zero-order valence-corrected chi connectivity index (χ0v) is 12.2. The van der Waals surface area contributed by atoms with E-state index in [0.29, 0.717) is 6.54 Å². The molecule has 0 radical (unpaired) electrons. The van der Waals surface area contributed by atoms with Gasteiger partial charge in [-0.05, 0) is 31.2 Å². The van der Waals surface area contributed by atoms with Crippen molar-refractivity contribution in [3.05, 3.63) is 36.4 Å². The van der Waals surface area contributed by atoms with Crippen molar-refractivity contribution in [3.8, 4) is 5.75 Å². The highest BCUT2D eigenvalue weighted by molar-refractivity contribution is 5.92. The molecule has 0 aliphatic rings. The lowest BCUT2D eigenvalue weighted by Crippen LogP contribution is -2.28. The summed E-state index contributed by atoms with van der Waals surface area (Å²) < 4.78 is 6.99. The van der Waals surface area contributed by atoms with Crippen molar-refractivity contribution in [3.63, 3.8) is 0 Å². The molecule has 0 spiro atoms. The number of anilines is 1. The Labute approximate surface area is 123 Å². The topological polar surface area (TPSA) is 81.1 Å². The van der Waals surface area contributed by atoms with E-state index in [1.54, 1.807) is 37.7 Å². The molecule has 1 amide bonds. The minimum absolute atomic E-state index is 0.109. The van der Waals surface area contributed by atoms with Gasteiger partial charge in [0.15, 0.2) is 0 Å². The Morgan fingerprint density at radius 1 is 1.33 bits per heavy atom. The second-order valence-corrected chi connectivity index (χ2v) is 4.41. The Bertz CT molecular complexity index is 579. The highest BCUT2D eigenvalue weighted by Crippen LogP contribution is 2.14. The molecule has 0 atom stereocenters. The summed E-state index contributed by atoms with van der Waals surface area (Å²) in [4.78, 5) is 11.8. The number of nitrogens with one attached hydrogen (secondary N) is 2. The average molecular weight is 289 g/mol. The van der Waals surface area contributed by atoms with Gasteiger partial charge in [0.25, 0.3) is 0 Å². The predicted molar refractivity (Wildman–Crippen MR) is 79.0 cm³/mol. The van der Waals surface area contributed by atoms with E-state index in [2.05, 4.69) is 20.8 Å². The molecule has 0 aliphatic carbocycles. The Kier molecular flexibility index (Phi) is 5.28. The van der Waals surface area contributed by atoms with Gasteiger partial charge in [0, 0.05) is 12.2 Å². The molecule has 7 heteroatoms. The van der Waals surface area contributed by atoms with E-state index in [0.717, 1.165) is 23.8 Å². The van der Waals surface area contributed by atoms with E-state index in [1.165, 1.54) is 0 Å². The minimum Gasteiger partial charge on any atom is -0.497 e. The summed E-state index contributed by atoms with van der Waals surface area (Å²) in [7, 11) is 1.60. The molecule has 21 heavy (non-hydrogen) atoms. The number of carbonyl (C=O) groups is 1. The van der Waals surface area contributed by atoms with Crippen LogP contribution in [0.1, 0.15) is 12.7 Å². The van der Waals surface area contributed by atoms with Crippen LogP contribution < -0.4 is 15.4 Å². The molecule has 0 unspecified atom stereocenters. The third kappa shape index (κ3) is 4.28. The first kappa shape index (κ1) is 15.0. The maximum atomic E-state index is 11.8. The number of rotatable bonds is 7. The molecule has 0 saturated heterocycles. The molecule has 112 valence electrons. The van der Waals surface area contributed by atoms with Crippen LogP contribution in [0.15, 0.2) is 30.6 Å². The Morgan fingerprint density at radius 3 is 2.76 bits per heavy atom. The van der Waals surface area contributed by atoms with Gasteiger partial charge in [-0.1, -0.05) is 0 Å². The fourth-order valence-corrected chi connectivity index (χ4v) is 1.85. The number of amides is 1. The van der Waals surface area contributed by atoms with Crippen molar-refractivity contribution in [2.45, 2.75) is 20.0 Å². The Morgan fingerprint density at radius 2 is 2.10 bits per heavy atom.